The van der Waals surface area contributed by atoms with Crippen molar-refractivity contribution >= 4 is 5.95 Å². The van der Waals surface area contributed by atoms with Crippen LogP contribution in [0.1, 0.15) is 25.6 Å². The molecule has 0 saturated heterocycles. The van der Waals surface area contributed by atoms with Crippen LogP contribution in [0.5, 0.6) is 0 Å². The predicted molar refractivity (Wildman–Crippen MR) is 96.7 cm³/mol. The number of hydrogen-bond donors (Lipinski definition) is 1. The van der Waals surface area contributed by atoms with Gasteiger partial charge in [-0.1, -0.05) is 30.3 Å². The Morgan fingerprint density at radius 3 is 2.38 bits per heavy atom. The Morgan fingerprint density at radius 1 is 1.00 bits per heavy atom. The minimum atomic E-state index is -0.0240. The molecule has 0 bridgehead atoms. The molecule has 2 aromatic heterocycles. The van der Waals surface area contributed by atoms with Gasteiger partial charge in [0.25, 0.3) is 5.56 Å². The summed E-state index contributed by atoms with van der Waals surface area (Å²) in [6.45, 7) is 5.87. The largest absolute Gasteiger partial charge is 0.368 e. The van der Waals surface area contributed by atoms with Gasteiger partial charge < -0.3 is 10.3 Å². The summed E-state index contributed by atoms with van der Waals surface area (Å²) in [6, 6.07) is 13.3. The lowest BCUT2D eigenvalue weighted by atomic mass is 9.99. The van der Waals surface area contributed by atoms with E-state index in [-0.39, 0.29) is 17.5 Å². The molecule has 5 nitrogen and oxygen atoms in total. The van der Waals surface area contributed by atoms with E-state index in [1.54, 1.807) is 10.6 Å². The van der Waals surface area contributed by atoms with Crippen molar-refractivity contribution in [1.29, 1.82) is 0 Å². The van der Waals surface area contributed by atoms with Gasteiger partial charge in [0.05, 0.1) is 11.4 Å². The van der Waals surface area contributed by atoms with E-state index in [9.17, 15) is 4.79 Å². The Kier molecular flexibility index (Phi) is 4.16. The van der Waals surface area contributed by atoms with Crippen LogP contribution in [0.15, 0.2) is 53.5 Å². The Labute approximate surface area is 140 Å². The molecule has 0 fully saturated rings. The van der Waals surface area contributed by atoms with E-state index in [4.69, 9.17) is 5.73 Å². The van der Waals surface area contributed by atoms with Crippen LogP contribution >= 0.6 is 0 Å². The highest BCUT2D eigenvalue weighted by Gasteiger charge is 2.16. The van der Waals surface area contributed by atoms with Gasteiger partial charge in [-0.15, -0.1) is 0 Å². The number of aryl methyl sites for hydroxylation is 1. The lowest BCUT2D eigenvalue weighted by molar-refractivity contribution is 0.579. The van der Waals surface area contributed by atoms with Crippen molar-refractivity contribution in [2.45, 2.75) is 26.8 Å². The molecule has 0 amide bonds. The highest BCUT2D eigenvalue weighted by molar-refractivity contribution is 5.82. The zero-order chi connectivity index (χ0) is 17.3. The van der Waals surface area contributed by atoms with Crippen LogP contribution in [0.4, 0.5) is 5.95 Å². The first-order chi connectivity index (χ1) is 11.5. The molecule has 3 aromatic rings. The maximum Gasteiger partial charge on any atom is 0.250 e. The van der Waals surface area contributed by atoms with E-state index in [0.29, 0.717) is 0 Å². The number of nitrogen functional groups attached to an aromatic ring is 1. The Bertz CT molecular complexity index is 930. The molecular formula is C19H20N4O. The van der Waals surface area contributed by atoms with Gasteiger partial charge in [0.1, 0.15) is 0 Å². The first-order valence-electron chi connectivity index (χ1n) is 7.89. The number of aromatic nitrogens is 3. The van der Waals surface area contributed by atoms with Crippen LogP contribution in [0, 0.1) is 6.92 Å². The summed E-state index contributed by atoms with van der Waals surface area (Å²) in [6.07, 6.45) is 1.86. The molecule has 0 aliphatic rings. The quantitative estimate of drug-likeness (QED) is 0.802. The van der Waals surface area contributed by atoms with Crippen LogP contribution in [0.3, 0.4) is 0 Å². The van der Waals surface area contributed by atoms with Crippen LogP contribution in [-0.4, -0.2) is 14.5 Å². The van der Waals surface area contributed by atoms with Crippen molar-refractivity contribution in [3.63, 3.8) is 0 Å². The summed E-state index contributed by atoms with van der Waals surface area (Å²) in [5.41, 5.74) is 10.2. The van der Waals surface area contributed by atoms with E-state index in [1.807, 2.05) is 63.4 Å². The van der Waals surface area contributed by atoms with Crippen LogP contribution in [0.2, 0.25) is 0 Å². The van der Waals surface area contributed by atoms with Crippen LogP contribution in [-0.2, 0) is 0 Å². The third-order valence-corrected chi connectivity index (χ3v) is 3.94. The van der Waals surface area contributed by atoms with Gasteiger partial charge >= 0.3 is 0 Å². The van der Waals surface area contributed by atoms with E-state index < -0.39 is 0 Å². The Hall–Kier alpha value is -2.95. The smallest absolute Gasteiger partial charge is 0.250 e. The van der Waals surface area contributed by atoms with Gasteiger partial charge in [0.15, 0.2) is 0 Å². The number of hydrogen-bond acceptors (Lipinski definition) is 4. The average molecular weight is 320 g/mol. The average Bonchev–Trinajstić information content (AvgIpc) is 2.55. The molecule has 0 radical (unpaired) electrons. The van der Waals surface area contributed by atoms with Crippen LogP contribution < -0.4 is 11.3 Å². The fraction of sp³-hybridized carbons (Fsp3) is 0.211. The lowest BCUT2D eigenvalue weighted by Crippen LogP contribution is -2.20. The second-order valence-corrected chi connectivity index (χ2v) is 6.01. The molecule has 0 saturated carbocycles. The maximum atomic E-state index is 12.0. The summed E-state index contributed by atoms with van der Waals surface area (Å²) >= 11 is 0. The number of anilines is 1. The molecule has 2 heterocycles. The first kappa shape index (κ1) is 15.9. The zero-order valence-electron chi connectivity index (χ0n) is 14.0. The summed E-state index contributed by atoms with van der Waals surface area (Å²) in [5.74, 6) is 0.243. The number of nitrogens with two attached hydrogens (primary N) is 1. The normalized spacial score (nSPS) is 11.0. The number of rotatable bonds is 3. The minimum Gasteiger partial charge on any atom is -0.368 e. The van der Waals surface area contributed by atoms with Gasteiger partial charge in [-0.25, -0.2) is 9.97 Å². The molecule has 0 aliphatic carbocycles. The molecule has 1 aromatic carbocycles. The molecular weight excluding hydrogens is 300 g/mol. The molecule has 5 heteroatoms. The lowest BCUT2D eigenvalue weighted by Gasteiger charge is -2.15. The van der Waals surface area contributed by atoms with Crippen molar-refractivity contribution in [2.75, 3.05) is 5.73 Å². The third kappa shape index (κ3) is 2.93. The van der Waals surface area contributed by atoms with Crippen LogP contribution in [0.25, 0.3) is 22.4 Å². The second kappa shape index (κ2) is 6.28. The van der Waals surface area contributed by atoms with E-state index >= 15 is 0 Å². The topological polar surface area (TPSA) is 73.8 Å². The van der Waals surface area contributed by atoms with Gasteiger partial charge in [0, 0.05) is 35.0 Å². The summed E-state index contributed by atoms with van der Waals surface area (Å²) in [4.78, 5) is 20.8. The number of nitrogens with zero attached hydrogens (tertiary/aromatic N) is 3. The molecule has 122 valence electrons. The molecule has 0 spiro atoms. The highest BCUT2D eigenvalue weighted by Crippen LogP contribution is 2.32. The second-order valence-electron chi connectivity index (χ2n) is 6.01. The fourth-order valence-electron chi connectivity index (χ4n) is 2.80. The van der Waals surface area contributed by atoms with Crippen molar-refractivity contribution in [3.8, 4) is 22.4 Å². The third-order valence-electron chi connectivity index (χ3n) is 3.94. The molecule has 2 N–H and O–H groups in total. The summed E-state index contributed by atoms with van der Waals surface area (Å²) < 4.78 is 1.71. The van der Waals surface area contributed by atoms with Crippen molar-refractivity contribution in [3.05, 3.63) is 64.7 Å². The molecule has 24 heavy (non-hydrogen) atoms. The van der Waals surface area contributed by atoms with Gasteiger partial charge in [-0.05, 0) is 26.8 Å². The minimum absolute atomic E-state index is 0.0240. The SMILES string of the molecule is Cc1nc(N)nc(-c2ccccc2)c1-c1ccc(=O)n(C(C)C)c1. The van der Waals surface area contributed by atoms with Gasteiger partial charge in [-0.2, -0.15) is 0 Å². The zero-order valence-corrected chi connectivity index (χ0v) is 14.0. The maximum absolute atomic E-state index is 12.0. The number of pyridine rings is 1. The highest BCUT2D eigenvalue weighted by atomic mass is 16.1. The Morgan fingerprint density at radius 2 is 1.71 bits per heavy atom. The van der Waals surface area contributed by atoms with Gasteiger partial charge in [0.2, 0.25) is 5.95 Å². The van der Waals surface area contributed by atoms with E-state index in [1.165, 1.54) is 0 Å². The number of benzene rings is 1. The van der Waals surface area contributed by atoms with Crippen molar-refractivity contribution < 1.29 is 0 Å². The van der Waals surface area contributed by atoms with E-state index in [2.05, 4.69) is 9.97 Å². The monoisotopic (exact) mass is 320 g/mol. The van der Waals surface area contributed by atoms with Crippen molar-refractivity contribution in [2.24, 2.45) is 0 Å². The first-order valence-corrected chi connectivity index (χ1v) is 7.89. The molecule has 0 aliphatic heterocycles. The molecule has 3 rings (SSSR count). The van der Waals surface area contributed by atoms with Crippen molar-refractivity contribution in [1.82, 2.24) is 14.5 Å². The Balaban J connectivity index is 2.29. The molecule has 0 unspecified atom stereocenters. The van der Waals surface area contributed by atoms with E-state index in [0.717, 1.165) is 28.1 Å². The summed E-state index contributed by atoms with van der Waals surface area (Å²) in [7, 11) is 0. The fourth-order valence-corrected chi connectivity index (χ4v) is 2.80. The molecule has 0 atom stereocenters. The predicted octanol–water partition coefficient (Wildman–Crippen LogP) is 3.44. The van der Waals surface area contributed by atoms with Gasteiger partial charge in [-0.3, -0.25) is 4.79 Å². The summed E-state index contributed by atoms with van der Waals surface area (Å²) in [5, 5.41) is 0. The standard InChI is InChI=1S/C19H20N4O/c1-12(2)23-11-15(9-10-16(23)24)17-13(3)21-19(20)22-18(17)14-7-5-4-6-8-14/h4-12H,1-3H3,(H2,20,21,22).